The van der Waals surface area contributed by atoms with Crippen molar-refractivity contribution in [1.82, 2.24) is 30.0 Å². The second-order valence-corrected chi connectivity index (χ2v) is 8.59. The fourth-order valence-corrected chi connectivity index (χ4v) is 4.41. The van der Waals surface area contributed by atoms with Crippen molar-refractivity contribution in [1.29, 1.82) is 0 Å². The van der Waals surface area contributed by atoms with Gasteiger partial charge in [0.1, 0.15) is 5.82 Å². The first kappa shape index (κ1) is 21.6. The predicted octanol–water partition coefficient (Wildman–Crippen LogP) is 2.23. The number of carbonyl (C=O) groups excluding carboxylic acids is 2. The summed E-state index contributed by atoms with van der Waals surface area (Å²) < 4.78 is 0. The molecule has 3 amide bonds. The van der Waals surface area contributed by atoms with Gasteiger partial charge in [0.2, 0.25) is 5.91 Å². The van der Waals surface area contributed by atoms with E-state index in [-0.39, 0.29) is 11.9 Å². The van der Waals surface area contributed by atoms with E-state index in [0.717, 1.165) is 68.7 Å². The highest BCUT2D eigenvalue weighted by Gasteiger charge is 2.24. The lowest BCUT2D eigenvalue weighted by Crippen LogP contribution is -2.53. The van der Waals surface area contributed by atoms with Gasteiger partial charge in [0, 0.05) is 52.2 Å². The quantitative estimate of drug-likeness (QED) is 0.694. The van der Waals surface area contributed by atoms with Crippen LogP contribution in [0.5, 0.6) is 0 Å². The van der Waals surface area contributed by atoms with Crippen LogP contribution in [-0.4, -0.2) is 89.0 Å². The van der Waals surface area contributed by atoms with Gasteiger partial charge in [0.05, 0.1) is 17.6 Å². The van der Waals surface area contributed by atoms with Crippen molar-refractivity contribution < 1.29 is 9.59 Å². The molecular weight excluding hydrogens is 392 g/mol. The molecule has 1 aromatic carbocycles. The van der Waals surface area contributed by atoms with Gasteiger partial charge in [-0.2, -0.15) is 0 Å². The van der Waals surface area contributed by atoms with Crippen molar-refractivity contribution in [2.75, 3.05) is 52.4 Å². The molecule has 3 heterocycles. The second kappa shape index (κ2) is 10.6. The first-order valence-corrected chi connectivity index (χ1v) is 11.7. The van der Waals surface area contributed by atoms with E-state index in [9.17, 15) is 9.59 Å². The molecule has 8 nitrogen and oxygen atoms in total. The summed E-state index contributed by atoms with van der Waals surface area (Å²) in [6.45, 7) is 5.75. The number of urea groups is 1. The van der Waals surface area contributed by atoms with Gasteiger partial charge in [-0.05, 0) is 31.4 Å². The minimum Gasteiger partial charge on any atom is -0.342 e. The third-order valence-electron chi connectivity index (χ3n) is 6.28. The number of rotatable bonds is 6. The number of hydrogen-bond acceptors (Lipinski definition) is 4. The topological polar surface area (TPSA) is 84.6 Å². The van der Waals surface area contributed by atoms with Crippen LogP contribution in [0.25, 0.3) is 11.0 Å². The number of imidazole rings is 1. The number of hydrogen-bond donors (Lipinski definition) is 2. The van der Waals surface area contributed by atoms with Gasteiger partial charge < -0.3 is 20.1 Å². The molecule has 2 saturated heterocycles. The fraction of sp³-hybridized carbons (Fsp3) is 0.609. The zero-order valence-electron chi connectivity index (χ0n) is 18.3. The number of fused-ring (bicyclic) bond motifs is 1. The highest BCUT2D eigenvalue weighted by Crippen LogP contribution is 2.12. The Balaban J connectivity index is 1.12. The van der Waals surface area contributed by atoms with Gasteiger partial charge in [0.25, 0.3) is 0 Å². The molecule has 1 aromatic heterocycles. The molecule has 0 atom stereocenters. The van der Waals surface area contributed by atoms with Gasteiger partial charge in [-0.1, -0.05) is 25.0 Å². The summed E-state index contributed by atoms with van der Waals surface area (Å²) in [6.07, 6.45) is 6.36. The number of aromatic nitrogens is 2. The first-order chi connectivity index (χ1) is 15.2. The van der Waals surface area contributed by atoms with E-state index in [0.29, 0.717) is 26.2 Å². The molecule has 168 valence electrons. The monoisotopic (exact) mass is 426 g/mol. The molecule has 2 N–H and O–H groups in total. The molecule has 2 fully saturated rings. The third kappa shape index (κ3) is 5.97. The van der Waals surface area contributed by atoms with Gasteiger partial charge in [-0.15, -0.1) is 0 Å². The van der Waals surface area contributed by atoms with Crippen molar-refractivity contribution in [3.05, 3.63) is 30.1 Å². The minimum atomic E-state index is -0.0110. The number of benzene rings is 1. The largest absolute Gasteiger partial charge is 0.342 e. The summed E-state index contributed by atoms with van der Waals surface area (Å²) in [5.74, 6) is 1.20. The summed E-state index contributed by atoms with van der Waals surface area (Å²) >= 11 is 0. The van der Waals surface area contributed by atoms with Crippen molar-refractivity contribution in [2.45, 2.75) is 38.5 Å². The van der Waals surface area contributed by atoms with Crippen LogP contribution in [0.1, 0.15) is 37.9 Å². The van der Waals surface area contributed by atoms with Crippen LogP contribution in [0.4, 0.5) is 4.79 Å². The second-order valence-electron chi connectivity index (χ2n) is 8.59. The van der Waals surface area contributed by atoms with Gasteiger partial charge in [0.15, 0.2) is 0 Å². The standard InChI is InChI=1S/C23H34N6O2/c30-22(28-12-5-1-2-6-13-28)18-27-14-16-29(17-15-27)23(31)24-11-7-10-21-25-19-8-3-4-9-20(19)26-21/h3-4,8-9H,1-2,5-7,10-18H2,(H,24,31)(H,25,26). The van der Waals surface area contributed by atoms with Crippen molar-refractivity contribution in [3.63, 3.8) is 0 Å². The summed E-state index contributed by atoms with van der Waals surface area (Å²) in [5, 5.41) is 3.02. The molecule has 4 rings (SSSR count). The predicted molar refractivity (Wildman–Crippen MR) is 121 cm³/mol. The average Bonchev–Trinajstić information content (AvgIpc) is 3.00. The van der Waals surface area contributed by atoms with Crippen LogP contribution in [0.15, 0.2) is 24.3 Å². The van der Waals surface area contributed by atoms with E-state index in [4.69, 9.17) is 0 Å². The number of carbonyl (C=O) groups is 2. The maximum Gasteiger partial charge on any atom is 0.317 e. The number of para-hydroxylation sites is 2. The lowest BCUT2D eigenvalue weighted by atomic mass is 10.2. The zero-order chi connectivity index (χ0) is 21.5. The fourth-order valence-electron chi connectivity index (χ4n) is 4.41. The Morgan fingerprint density at radius 1 is 0.935 bits per heavy atom. The zero-order valence-corrected chi connectivity index (χ0v) is 18.3. The number of nitrogens with zero attached hydrogens (tertiary/aromatic N) is 4. The average molecular weight is 427 g/mol. The molecule has 2 aromatic rings. The first-order valence-electron chi connectivity index (χ1n) is 11.7. The molecule has 2 aliphatic heterocycles. The number of aromatic amines is 1. The molecule has 2 aliphatic rings. The van der Waals surface area contributed by atoms with E-state index >= 15 is 0 Å². The highest BCUT2D eigenvalue weighted by atomic mass is 16.2. The maximum absolute atomic E-state index is 12.6. The summed E-state index contributed by atoms with van der Waals surface area (Å²) in [4.78, 5) is 39.0. The lowest BCUT2D eigenvalue weighted by molar-refractivity contribution is -0.132. The van der Waals surface area contributed by atoms with E-state index < -0.39 is 0 Å². The van der Waals surface area contributed by atoms with Gasteiger partial charge in [-0.3, -0.25) is 9.69 Å². The van der Waals surface area contributed by atoms with Crippen LogP contribution in [-0.2, 0) is 11.2 Å². The molecule has 31 heavy (non-hydrogen) atoms. The highest BCUT2D eigenvalue weighted by molar-refractivity contribution is 5.78. The van der Waals surface area contributed by atoms with E-state index in [1.807, 2.05) is 34.1 Å². The molecule has 8 heteroatoms. The smallest absolute Gasteiger partial charge is 0.317 e. The van der Waals surface area contributed by atoms with Crippen LogP contribution in [0, 0.1) is 0 Å². The number of nitrogens with one attached hydrogen (secondary N) is 2. The summed E-state index contributed by atoms with van der Waals surface area (Å²) in [5.41, 5.74) is 2.03. The Morgan fingerprint density at radius 3 is 2.42 bits per heavy atom. The Bertz CT molecular complexity index is 833. The molecule has 0 radical (unpaired) electrons. The molecule has 0 spiro atoms. The Morgan fingerprint density at radius 2 is 1.68 bits per heavy atom. The normalized spacial score (nSPS) is 18.2. The summed E-state index contributed by atoms with van der Waals surface area (Å²) in [7, 11) is 0. The van der Waals surface area contributed by atoms with Crippen LogP contribution in [0.2, 0.25) is 0 Å². The Labute approximate surface area is 184 Å². The Kier molecular flexibility index (Phi) is 7.40. The Hall–Kier alpha value is -2.61. The van der Waals surface area contributed by atoms with Gasteiger partial charge >= 0.3 is 6.03 Å². The van der Waals surface area contributed by atoms with Crippen LogP contribution in [0.3, 0.4) is 0 Å². The number of H-pyrrole nitrogens is 1. The number of aryl methyl sites for hydroxylation is 1. The molecule has 0 unspecified atom stereocenters. The lowest BCUT2D eigenvalue weighted by Gasteiger charge is -2.35. The number of piperazine rings is 1. The number of likely N-dealkylation sites (tertiary alicyclic amines) is 1. The van der Waals surface area contributed by atoms with E-state index in [1.165, 1.54) is 12.8 Å². The van der Waals surface area contributed by atoms with Crippen molar-refractivity contribution in [3.8, 4) is 0 Å². The van der Waals surface area contributed by atoms with E-state index in [2.05, 4.69) is 20.2 Å². The van der Waals surface area contributed by atoms with Crippen molar-refractivity contribution >= 4 is 23.0 Å². The summed E-state index contributed by atoms with van der Waals surface area (Å²) in [6, 6.07) is 7.99. The molecule has 0 bridgehead atoms. The van der Waals surface area contributed by atoms with Gasteiger partial charge in [-0.25, -0.2) is 9.78 Å². The number of amides is 3. The molecular formula is C23H34N6O2. The van der Waals surface area contributed by atoms with E-state index in [1.54, 1.807) is 0 Å². The van der Waals surface area contributed by atoms with Crippen LogP contribution >= 0.6 is 0 Å². The maximum atomic E-state index is 12.6. The minimum absolute atomic E-state index is 0.0110. The molecule has 0 aliphatic carbocycles. The van der Waals surface area contributed by atoms with Crippen LogP contribution < -0.4 is 5.32 Å². The third-order valence-corrected chi connectivity index (χ3v) is 6.28. The SMILES string of the molecule is O=C(CN1CCN(C(=O)NCCCc2nc3ccccc3[nH]2)CC1)N1CCCCCC1. The molecule has 0 saturated carbocycles. The van der Waals surface area contributed by atoms with Crippen molar-refractivity contribution in [2.24, 2.45) is 0 Å².